The SMILES string of the molecule is N/C(=N/O)c1cc(COCCCC(F)(F)F)ccn1. The van der Waals surface area contributed by atoms with Gasteiger partial charge in [-0.05, 0) is 24.1 Å². The number of halogens is 3. The van der Waals surface area contributed by atoms with E-state index >= 15 is 0 Å². The van der Waals surface area contributed by atoms with Gasteiger partial charge in [-0.2, -0.15) is 13.2 Å². The Morgan fingerprint density at radius 1 is 1.47 bits per heavy atom. The minimum atomic E-state index is -4.15. The van der Waals surface area contributed by atoms with Gasteiger partial charge >= 0.3 is 6.18 Å². The number of alkyl halides is 3. The molecule has 106 valence electrons. The lowest BCUT2D eigenvalue weighted by atomic mass is 10.2. The van der Waals surface area contributed by atoms with Gasteiger partial charge in [0.05, 0.1) is 6.61 Å². The van der Waals surface area contributed by atoms with Crippen molar-refractivity contribution in [3.8, 4) is 0 Å². The predicted octanol–water partition coefficient (Wildman–Crippen LogP) is 2.04. The summed E-state index contributed by atoms with van der Waals surface area (Å²) in [5, 5.41) is 11.3. The highest BCUT2D eigenvalue weighted by molar-refractivity contribution is 5.95. The van der Waals surface area contributed by atoms with Gasteiger partial charge in [0.2, 0.25) is 0 Å². The summed E-state index contributed by atoms with van der Waals surface area (Å²) >= 11 is 0. The fraction of sp³-hybridized carbons (Fsp3) is 0.455. The third-order valence-electron chi connectivity index (χ3n) is 2.21. The normalized spacial score (nSPS) is 12.7. The van der Waals surface area contributed by atoms with Crippen molar-refractivity contribution < 1.29 is 23.1 Å². The Kier molecular flexibility index (Phi) is 5.56. The molecule has 0 spiro atoms. The molecule has 0 saturated heterocycles. The standard InChI is InChI=1S/C11H14F3N3O2/c12-11(13,14)3-1-5-19-7-8-2-4-16-9(6-8)10(15)17-18/h2,4,6,18H,1,3,5,7H2,(H2,15,17). The Morgan fingerprint density at radius 2 is 2.21 bits per heavy atom. The number of aromatic nitrogens is 1. The third-order valence-corrected chi connectivity index (χ3v) is 2.21. The van der Waals surface area contributed by atoms with Crippen LogP contribution in [0.3, 0.4) is 0 Å². The molecule has 0 aromatic carbocycles. The second-order valence-electron chi connectivity index (χ2n) is 3.81. The second kappa shape index (κ2) is 6.93. The molecule has 3 N–H and O–H groups in total. The van der Waals surface area contributed by atoms with Crippen LogP contribution in [-0.2, 0) is 11.3 Å². The van der Waals surface area contributed by atoms with Crippen molar-refractivity contribution in [3.63, 3.8) is 0 Å². The molecule has 0 saturated carbocycles. The number of hydrogen-bond acceptors (Lipinski definition) is 4. The van der Waals surface area contributed by atoms with Crippen LogP contribution in [0.25, 0.3) is 0 Å². The maximum Gasteiger partial charge on any atom is 0.389 e. The van der Waals surface area contributed by atoms with Crippen molar-refractivity contribution in [1.29, 1.82) is 0 Å². The van der Waals surface area contributed by atoms with Crippen molar-refractivity contribution in [3.05, 3.63) is 29.6 Å². The number of amidine groups is 1. The van der Waals surface area contributed by atoms with Crippen molar-refractivity contribution in [2.24, 2.45) is 10.9 Å². The van der Waals surface area contributed by atoms with E-state index in [0.717, 1.165) is 0 Å². The fourth-order valence-electron chi connectivity index (χ4n) is 1.32. The number of ether oxygens (including phenoxy) is 1. The molecular weight excluding hydrogens is 263 g/mol. The lowest BCUT2D eigenvalue weighted by Crippen LogP contribution is -2.15. The predicted molar refractivity (Wildman–Crippen MR) is 61.7 cm³/mol. The van der Waals surface area contributed by atoms with E-state index in [-0.39, 0.29) is 31.2 Å². The van der Waals surface area contributed by atoms with Crippen LogP contribution >= 0.6 is 0 Å². The molecule has 0 amide bonds. The first-order chi connectivity index (χ1) is 8.92. The number of nitrogens with zero attached hydrogens (tertiary/aromatic N) is 2. The molecule has 5 nitrogen and oxygen atoms in total. The van der Waals surface area contributed by atoms with E-state index < -0.39 is 12.6 Å². The van der Waals surface area contributed by atoms with Gasteiger partial charge in [-0.1, -0.05) is 5.16 Å². The quantitative estimate of drug-likeness (QED) is 0.274. The number of hydrogen-bond donors (Lipinski definition) is 2. The third kappa shape index (κ3) is 6.05. The average molecular weight is 277 g/mol. The zero-order valence-corrected chi connectivity index (χ0v) is 10.0. The molecule has 8 heteroatoms. The van der Waals surface area contributed by atoms with E-state index in [0.29, 0.717) is 5.56 Å². The summed E-state index contributed by atoms with van der Waals surface area (Å²) in [4.78, 5) is 3.87. The van der Waals surface area contributed by atoms with Crippen LogP contribution < -0.4 is 5.73 Å². The van der Waals surface area contributed by atoms with E-state index in [9.17, 15) is 13.2 Å². The summed E-state index contributed by atoms with van der Waals surface area (Å²) in [5.41, 5.74) is 6.32. The lowest BCUT2D eigenvalue weighted by molar-refractivity contribution is -0.138. The highest BCUT2D eigenvalue weighted by atomic mass is 19.4. The van der Waals surface area contributed by atoms with Crippen molar-refractivity contribution in [1.82, 2.24) is 4.98 Å². The molecule has 0 bridgehead atoms. The summed E-state index contributed by atoms with van der Waals surface area (Å²) < 4.78 is 40.7. The number of nitrogens with two attached hydrogens (primary N) is 1. The van der Waals surface area contributed by atoms with E-state index in [1.165, 1.54) is 6.20 Å². The first-order valence-corrected chi connectivity index (χ1v) is 5.49. The highest BCUT2D eigenvalue weighted by Gasteiger charge is 2.25. The summed E-state index contributed by atoms with van der Waals surface area (Å²) in [6, 6.07) is 3.18. The Bertz CT molecular complexity index is 435. The highest BCUT2D eigenvalue weighted by Crippen LogP contribution is 2.21. The van der Waals surface area contributed by atoms with Gasteiger partial charge in [0.25, 0.3) is 0 Å². The second-order valence-corrected chi connectivity index (χ2v) is 3.81. The van der Waals surface area contributed by atoms with Crippen LogP contribution in [0.2, 0.25) is 0 Å². The van der Waals surface area contributed by atoms with Gasteiger partial charge in [0.1, 0.15) is 5.69 Å². The van der Waals surface area contributed by atoms with E-state index in [2.05, 4.69) is 10.1 Å². The van der Waals surface area contributed by atoms with Crippen LogP contribution in [0.5, 0.6) is 0 Å². The smallest absolute Gasteiger partial charge is 0.389 e. The van der Waals surface area contributed by atoms with Crippen molar-refractivity contribution >= 4 is 5.84 Å². The molecule has 0 atom stereocenters. The summed E-state index contributed by atoms with van der Waals surface area (Å²) in [6.45, 7) is 0.160. The molecule has 0 aliphatic heterocycles. The van der Waals surface area contributed by atoms with Gasteiger partial charge in [0, 0.05) is 19.2 Å². The van der Waals surface area contributed by atoms with Gasteiger partial charge < -0.3 is 15.7 Å². The molecule has 0 radical (unpaired) electrons. The summed E-state index contributed by atoms with van der Waals surface area (Å²) in [7, 11) is 0. The van der Waals surface area contributed by atoms with Gasteiger partial charge in [-0.3, -0.25) is 4.98 Å². The van der Waals surface area contributed by atoms with Crippen molar-refractivity contribution in [2.75, 3.05) is 6.61 Å². The zero-order valence-electron chi connectivity index (χ0n) is 10.0. The number of rotatable bonds is 6. The molecule has 1 heterocycles. The molecule has 0 unspecified atom stereocenters. The van der Waals surface area contributed by atoms with E-state index in [4.69, 9.17) is 15.7 Å². The number of pyridine rings is 1. The molecule has 1 aromatic heterocycles. The van der Waals surface area contributed by atoms with Gasteiger partial charge in [-0.15, -0.1) is 0 Å². The van der Waals surface area contributed by atoms with Crippen LogP contribution in [0.15, 0.2) is 23.5 Å². The monoisotopic (exact) mass is 277 g/mol. The fourth-order valence-corrected chi connectivity index (χ4v) is 1.32. The summed E-state index contributed by atoms with van der Waals surface area (Å²) in [5.74, 6) is -0.140. The number of oxime groups is 1. The minimum Gasteiger partial charge on any atom is -0.409 e. The molecular formula is C11H14F3N3O2. The molecule has 0 aliphatic rings. The van der Waals surface area contributed by atoms with E-state index in [1.807, 2.05) is 0 Å². The van der Waals surface area contributed by atoms with Crippen molar-refractivity contribution in [2.45, 2.75) is 25.6 Å². The average Bonchev–Trinajstić information content (AvgIpc) is 2.36. The van der Waals surface area contributed by atoms with Crippen LogP contribution in [0.4, 0.5) is 13.2 Å². The molecule has 0 fully saturated rings. The molecule has 19 heavy (non-hydrogen) atoms. The summed E-state index contributed by atoms with van der Waals surface area (Å²) in [6.07, 6.45) is -3.65. The first kappa shape index (κ1) is 15.2. The maximum absolute atomic E-state index is 11.9. The topological polar surface area (TPSA) is 80.7 Å². The van der Waals surface area contributed by atoms with E-state index in [1.54, 1.807) is 12.1 Å². The zero-order chi connectivity index (χ0) is 14.3. The lowest BCUT2D eigenvalue weighted by Gasteiger charge is -2.07. The maximum atomic E-state index is 11.9. The molecule has 0 aliphatic carbocycles. The molecule has 1 rings (SSSR count). The van der Waals surface area contributed by atoms with Gasteiger partial charge in [0.15, 0.2) is 5.84 Å². The Hall–Kier alpha value is -1.83. The van der Waals surface area contributed by atoms with Crippen LogP contribution in [0.1, 0.15) is 24.1 Å². The molecule has 1 aromatic rings. The Labute approximate surface area is 107 Å². The first-order valence-electron chi connectivity index (χ1n) is 5.49. The minimum absolute atomic E-state index is 0.0146. The van der Waals surface area contributed by atoms with Crippen LogP contribution in [0, 0.1) is 0 Å². The van der Waals surface area contributed by atoms with Gasteiger partial charge in [-0.25, -0.2) is 0 Å². The largest absolute Gasteiger partial charge is 0.409 e. The van der Waals surface area contributed by atoms with Crippen LogP contribution in [-0.4, -0.2) is 28.8 Å². The Morgan fingerprint density at radius 3 is 2.84 bits per heavy atom. The Balaban J connectivity index is 2.38.